The van der Waals surface area contributed by atoms with Gasteiger partial charge in [0.2, 0.25) is 0 Å². The molecule has 2 amide bonds. The summed E-state index contributed by atoms with van der Waals surface area (Å²) in [5.41, 5.74) is 1.27. The lowest BCUT2D eigenvalue weighted by Gasteiger charge is -2.28. The van der Waals surface area contributed by atoms with E-state index in [9.17, 15) is 9.90 Å². The van der Waals surface area contributed by atoms with Crippen LogP contribution in [0.4, 0.5) is 16.2 Å². The number of phenols is 1. The monoisotopic (exact) mass is 282 g/mol. The van der Waals surface area contributed by atoms with E-state index in [-0.39, 0.29) is 11.8 Å². The van der Waals surface area contributed by atoms with E-state index in [1.807, 2.05) is 41.3 Å². The Kier molecular flexibility index (Phi) is 3.77. The maximum absolute atomic E-state index is 12.8. The number of hydrogen-bond acceptors (Lipinski definition) is 2. The molecule has 4 nitrogen and oxygen atoms in total. The minimum atomic E-state index is -0.0831. The van der Waals surface area contributed by atoms with E-state index >= 15 is 0 Å². The van der Waals surface area contributed by atoms with E-state index in [1.165, 1.54) is 0 Å². The first-order chi connectivity index (χ1) is 10.3. The van der Waals surface area contributed by atoms with Crippen LogP contribution in [0.5, 0.6) is 5.75 Å². The quantitative estimate of drug-likeness (QED) is 0.911. The van der Waals surface area contributed by atoms with Gasteiger partial charge in [0, 0.05) is 13.1 Å². The lowest BCUT2D eigenvalue weighted by Crippen LogP contribution is -2.39. The third-order valence-electron chi connectivity index (χ3n) is 3.70. The Hall–Kier alpha value is -2.49. The van der Waals surface area contributed by atoms with Gasteiger partial charge in [0.05, 0.1) is 11.4 Å². The topological polar surface area (TPSA) is 43.8 Å². The number of amides is 2. The van der Waals surface area contributed by atoms with Crippen molar-refractivity contribution in [2.24, 2.45) is 0 Å². The van der Waals surface area contributed by atoms with Gasteiger partial charge in [-0.15, -0.1) is 0 Å². The van der Waals surface area contributed by atoms with E-state index in [0.717, 1.165) is 31.6 Å². The molecule has 0 saturated carbocycles. The fraction of sp³-hybridized carbons (Fsp3) is 0.235. The number of hydrogen-bond donors (Lipinski definition) is 1. The smallest absolute Gasteiger partial charge is 0.329 e. The highest BCUT2D eigenvalue weighted by Gasteiger charge is 2.27. The SMILES string of the molecule is O=C(N1CCCC1)N(c1ccccc1)c1ccccc1O. The molecule has 0 unspecified atom stereocenters. The molecule has 1 aliphatic rings. The summed E-state index contributed by atoms with van der Waals surface area (Å²) < 4.78 is 0. The molecule has 1 heterocycles. The van der Waals surface area contributed by atoms with Gasteiger partial charge < -0.3 is 10.0 Å². The number of likely N-dealkylation sites (tertiary alicyclic amines) is 1. The molecule has 21 heavy (non-hydrogen) atoms. The number of rotatable bonds is 2. The van der Waals surface area contributed by atoms with Crippen LogP contribution in [0.2, 0.25) is 0 Å². The van der Waals surface area contributed by atoms with Crippen molar-refractivity contribution in [2.45, 2.75) is 12.8 Å². The van der Waals surface area contributed by atoms with Gasteiger partial charge in [-0.05, 0) is 37.1 Å². The molecule has 0 spiro atoms. The van der Waals surface area contributed by atoms with Crippen LogP contribution in [-0.4, -0.2) is 29.1 Å². The molecule has 0 radical (unpaired) electrons. The van der Waals surface area contributed by atoms with Crippen molar-refractivity contribution in [3.05, 3.63) is 54.6 Å². The lowest BCUT2D eigenvalue weighted by atomic mass is 10.2. The largest absolute Gasteiger partial charge is 0.506 e. The Bertz CT molecular complexity index is 622. The van der Waals surface area contributed by atoms with E-state index in [0.29, 0.717) is 5.69 Å². The normalized spacial score (nSPS) is 14.2. The van der Waals surface area contributed by atoms with Crippen molar-refractivity contribution in [3.8, 4) is 5.75 Å². The second-order valence-corrected chi connectivity index (χ2v) is 5.14. The van der Waals surface area contributed by atoms with Crippen molar-refractivity contribution >= 4 is 17.4 Å². The maximum Gasteiger partial charge on any atom is 0.329 e. The Morgan fingerprint density at radius 2 is 1.57 bits per heavy atom. The summed E-state index contributed by atoms with van der Waals surface area (Å²) >= 11 is 0. The number of para-hydroxylation sites is 3. The minimum absolute atomic E-state index is 0.0831. The summed E-state index contributed by atoms with van der Waals surface area (Å²) in [6.07, 6.45) is 2.07. The second kappa shape index (κ2) is 5.87. The van der Waals surface area contributed by atoms with Gasteiger partial charge in [-0.25, -0.2) is 4.79 Å². The summed E-state index contributed by atoms with van der Waals surface area (Å²) in [5, 5.41) is 10.1. The zero-order valence-electron chi connectivity index (χ0n) is 11.8. The molecule has 0 bridgehead atoms. The van der Waals surface area contributed by atoms with Crippen LogP contribution in [0.25, 0.3) is 0 Å². The maximum atomic E-state index is 12.8. The number of carbonyl (C=O) groups is 1. The molecule has 2 aromatic carbocycles. The molecular weight excluding hydrogens is 264 g/mol. The van der Waals surface area contributed by atoms with Crippen LogP contribution in [0.15, 0.2) is 54.6 Å². The number of phenolic OH excluding ortho intramolecular Hbond substituents is 1. The standard InChI is InChI=1S/C17H18N2O2/c20-16-11-5-4-10-15(16)19(14-8-2-1-3-9-14)17(21)18-12-6-7-13-18/h1-5,8-11,20H,6-7,12-13H2. The average Bonchev–Trinajstić information content (AvgIpc) is 3.05. The predicted octanol–water partition coefficient (Wildman–Crippen LogP) is 3.75. The summed E-state index contributed by atoms with van der Waals surface area (Å²) in [6, 6.07) is 16.3. The summed E-state index contributed by atoms with van der Waals surface area (Å²) in [5.74, 6) is 0.105. The highest BCUT2D eigenvalue weighted by Crippen LogP contribution is 2.34. The van der Waals surface area contributed by atoms with Crippen molar-refractivity contribution in [3.63, 3.8) is 0 Å². The predicted molar refractivity (Wildman–Crippen MR) is 82.9 cm³/mol. The fourth-order valence-electron chi connectivity index (χ4n) is 2.63. The Balaban J connectivity index is 2.03. The van der Waals surface area contributed by atoms with Gasteiger partial charge in [-0.3, -0.25) is 4.90 Å². The van der Waals surface area contributed by atoms with Crippen LogP contribution >= 0.6 is 0 Å². The first kappa shape index (κ1) is 13.5. The van der Waals surface area contributed by atoms with Gasteiger partial charge in [-0.1, -0.05) is 30.3 Å². The Morgan fingerprint density at radius 1 is 0.952 bits per heavy atom. The van der Waals surface area contributed by atoms with Crippen molar-refractivity contribution < 1.29 is 9.90 Å². The van der Waals surface area contributed by atoms with Crippen LogP contribution in [0.3, 0.4) is 0 Å². The van der Waals surface area contributed by atoms with E-state index in [4.69, 9.17) is 0 Å². The molecule has 1 N–H and O–H groups in total. The molecule has 0 aliphatic carbocycles. The number of anilines is 2. The summed E-state index contributed by atoms with van der Waals surface area (Å²) in [7, 11) is 0. The molecular formula is C17H18N2O2. The van der Waals surface area contributed by atoms with Gasteiger partial charge in [0.25, 0.3) is 0 Å². The molecule has 4 heteroatoms. The van der Waals surface area contributed by atoms with Crippen LogP contribution < -0.4 is 4.90 Å². The number of aromatic hydroxyl groups is 1. The van der Waals surface area contributed by atoms with Crippen LogP contribution in [0, 0.1) is 0 Å². The second-order valence-electron chi connectivity index (χ2n) is 5.14. The van der Waals surface area contributed by atoms with E-state index < -0.39 is 0 Å². The van der Waals surface area contributed by atoms with Gasteiger partial charge >= 0.3 is 6.03 Å². The van der Waals surface area contributed by atoms with Crippen molar-refractivity contribution in [1.29, 1.82) is 0 Å². The average molecular weight is 282 g/mol. The highest BCUT2D eigenvalue weighted by molar-refractivity contribution is 6.00. The van der Waals surface area contributed by atoms with Crippen LogP contribution in [-0.2, 0) is 0 Å². The summed E-state index contributed by atoms with van der Waals surface area (Å²) in [6.45, 7) is 1.55. The fourth-order valence-corrected chi connectivity index (χ4v) is 2.63. The van der Waals surface area contributed by atoms with Crippen LogP contribution in [0.1, 0.15) is 12.8 Å². The van der Waals surface area contributed by atoms with Crippen molar-refractivity contribution in [1.82, 2.24) is 4.90 Å². The minimum Gasteiger partial charge on any atom is -0.506 e. The zero-order chi connectivity index (χ0) is 14.7. The third-order valence-corrected chi connectivity index (χ3v) is 3.70. The number of urea groups is 1. The van der Waals surface area contributed by atoms with Crippen molar-refractivity contribution in [2.75, 3.05) is 18.0 Å². The highest BCUT2D eigenvalue weighted by atomic mass is 16.3. The summed E-state index contributed by atoms with van der Waals surface area (Å²) in [4.78, 5) is 16.3. The molecule has 108 valence electrons. The lowest BCUT2D eigenvalue weighted by molar-refractivity contribution is 0.218. The van der Waals surface area contributed by atoms with Gasteiger partial charge in [0.15, 0.2) is 0 Å². The molecule has 0 atom stereocenters. The molecule has 1 fully saturated rings. The third kappa shape index (κ3) is 2.70. The molecule has 0 aromatic heterocycles. The molecule has 1 saturated heterocycles. The number of benzene rings is 2. The Morgan fingerprint density at radius 3 is 2.24 bits per heavy atom. The molecule has 2 aromatic rings. The van der Waals surface area contributed by atoms with E-state index in [1.54, 1.807) is 23.1 Å². The number of nitrogens with zero attached hydrogens (tertiary/aromatic N) is 2. The number of carbonyl (C=O) groups excluding carboxylic acids is 1. The van der Waals surface area contributed by atoms with Gasteiger partial charge in [0.1, 0.15) is 5.75 Å². The molecule has 1 aliphatic heterocycles. The Labute approximate surface area is 124 Å². The zero-order valence-corrected chi connectivity index (χ0v) is 11.8. The first-order valence-electron chi connectivity index (χ1n) is 7.19. The van der Waals surface area contributed by atoms with E-state index in [2.05, 4.69) is 0 Å². The molecule has 3 rings (SSSR count). The van der Waals surface area contributed by atoms with Gasteiger partial charge in [-0.2, -0.15) is 0 Å². The first-order valence-corrected chi connectivity index (χ1v) is 7.19.